The van der Waals surface area contributed by atoms with E-state index in [-0.39, 0.29) is 23.4 Å². The van der Waals surface area contributed by atoms with Crippen LogP contribution < -0.4 is 21.7 Å². The highest BCUT2D eigenvalue weighted by atomic mass is 19.4. The first-order valence-electron chi connectivity index (χ1n) is 10.2. The Balaban J connectivity index is 1.51. The van der Waals surface area contributed by atoms with E-state index in [1.54, 1.807) is 18.2 Å². The second kappa shape index (κ2) is 8.95. The van der Waals surface area contributed by atoms with E-state index in [0.717, 1.165) is 44.3 Å². The van der Waals surface area contributed by atoms with Crippen LogP contribution in [0, 0.1) is 5.41 Å². The number of nitrogens with one attached hydrogen (secondary N) is 4. The fourth-order valence-corrected chi connectivity index (χ4v) is 3.69. The molecule has 6 N–H and O–H groups in total. The molecule has 1 aliphatic heterocycles. The fourth-order valence-electron chi connectivity index (χ4n) is 3.69. The maximum Gasteiger partial charge on any atom is 0.416 e. The number of aromatic nitrogens is 3. The number of piperidine rings is 1. The summed E-state index contributed by atoms with van der Waals surface area (Å²) in [5, 5.41) is 18.3. The summed E-state index contributed by atoms with van der Waals surface area (Å²) in [4.78, 5) is 12.3. The lowest BCUT2D eigenvalue weighted by Crippen LogP contribution is -2.39. The number of anilines is 3. The lowest BCUT2D eigenvalue weighted by atomic mass is 10.0. The number of nitrogen functional groups attached to an aromatic ring is 1. The average Bonchev–Trinajstić information content (AvgIpc) is 3.22. The predicted molar refractivity (Wildman–Crippen MR) is 117 cm³/mol. The van der Waals surface area contributed by atoms with Gasteiger partial charge in [0.25, 0.3) is 0 Å². The zero-order chi connectivity index (χ0) is 22.7. The van der Waals surface area contributed by atoms with Crippen molar-refractivity contribution >= 4 is 23.2 Å². The third kappa shape index (κ3) is 4.88. The van der Waals surface area contributed by atoms with Crippen LogP contribution in [0.2, 0.25) is 0 Å². The molecule has 0 aromatic carbocycles. The first-order chi connectivity index (χ1) is 15.3. The van der Waals surface area contributed by atoms with Gasteiger partial charge in [-0.2, -0.15) is 13.2 Å². The Morgan fingerprint density at radius 3 is 2.81 bits per heavy atom. The second-order valence-corrected chi connectivity index (χ2v) is 7.62. The molecule has 0 bridgehead atoms. The van der Waals surface area contributed by atoms with E-state index in [1.807, 2.05) is 0 Å². The van der Waals surface area contributed by atoms with E-state index in [1.165, 1.54) is 6.33 Å². The van der Waals surface area contributed by atoms with Crippen molar-refractivity contribution in [3.05, 3.63) is 59.6 Å². The van der Waals surface area contributed by atoms with Gasteiger partial charge in [-0.3, -0.25) is 5.41 Å². The Bertz CT molecular complexity index is 1060. The maximum absolute atomic E-state index is 12.9. The van der Waals surface area contributed by atoms with Crippen molar-refractivity contribution in [3.63, 3.8) is 0 Å². The molecule has 2 aromatic rings. The summed E-state index contributed by atoms with van der Waals surface area (Å²) in [6.45, 7) is 1.76. The van der Waals surface area contributed by atoms with E-state index in [9.17, 15) is 13.2 Å². The van der Waals surface area contributed by atoms with Crippen molar-refractivity contribution in [1.82, 2.24) is 20.3 Å². The molecular weight excluding hydrogens is 421 g/mol. The molecule has 168 valence electrons. The highest BCUT2D eigenvalue weighted by Gasteiger charge is 2.31. The van der Waals surface area contributed by atoms with Crippen molar-refractivity contribution in [2.75, 3.05) is 29.5 Å². The Labute approximate surface area is 182 Å². The number of nitrogens with zero attached hydrogens (tertiary/aromatic N) is 3. The molecule has 2 atom stereocenters. The Morgan fingerprint density at radius 2 is 2.06 bits per heavy atom. The van der Waals surface area contributed by atoms with Gasteiger partial charge < -0.3 is 21.7 Å². The summed E-state index contributed by atoms with van der Waals surface area (Å²) in [5.74, 6) is 0.760. The Kier molecular flexibility index (Phi) is 6.08. The number of pyridine rings is 1. The summed E-state index contributed by atoms with van der Waals surface area (Å²) in [5.41, 5.74) is 6.38. The number of alkyl halides is 3. The van der Waals surface area contributed by atoms with Crippen LogP contribution >= 0.6 is 0 Å². The number of hydrogen-bond acceptors (Lipinski definition) is 8. The predicted octanol–water partition coefficient (Wildman–Crippen LogP) is 2.98. The number of hydrogen-bond donors (Lipinski definition) is 5. The quantitative estimate of drug-likeness (QED) is 0.434. The lowest BCUT2D eigenvalue weighted by Gasteiger charge is -2.25. The van der Waals surface area contributed by atoms with Crippen LogP contribution in [0.3, 0.4) is 0 Å². The fraction of sp³-hybridized carbons (Fsp3) is 0.333. The van der Waals surface area contributed by atoms with Crippen LogP contribution in [0.25, 0.3) is 0 Å². The minimum absolute atomic E-state index is 0.0909. The molecule has 0 spiro atoms. The van der Waals surface area contributed by atoms with Crippen molar-refractivity contribution in [3.8, 4) is 0 Å². The van der Waals surface area contributed by atoms with Gasteiger partial charge in [0.1, 0.15) is 23.8 Å². The molecule has 1 saturated heterocycles. The molecule has 32 heavy (non-hydrogen) atoms. The standard InChI is InChI=1S/C21H23F3N8/c22-21(23,24)13-5-7-28-16(9-13)31-14-4-3-12(8-14)18(25)17-19(26)29-11-30-20(17)32-15-2-1-6-27-10-15/h3-5,7-9,11,14-15,25,27H,1-2,6,10H2,(H,28,31)(H3,26,29,30,32)/t14?,15-/m1/s1. The number of nitrogens with two attached hydrogens (primary N) is 1. The van der Waals surface area contributed by atoms with E-state index < -0.39 is 17.8 Å². The van der Waals surface area contributed by atoms with Gasteiger partial charge in [-0.1, -0.05) is 12.2 Å². The first kappa shape index (κ1) is 21.8. The molecule has 1 aliphatic carbocycles. The highest BCUT2D eigenvalue weighted by molar-refractivity contribution is 6.17. The van der Waals surface area contributed by atoms with Gasteiger partial charge >= 0.3 is 6.18 Å². The van der Waals surface area contributed by atoms with Crippen LogP contribution in [0.5, 0.6) is 0 Å². The molecule has 8 nitrogen and oxygen atoms in total. The topological polar surface area (TPSA) is 125 Å². The van der Waals surface area contributed by atoms with Crippen molar-refractivity contribution in [1.29, 1.82) is 5.41 Å². The maximum atomic E-state index is 12.9. The molecule has 2 aromatic heterocycles. The molecular formula is C21H23F3N8. The molecule has 11 heteroatoms. The summed E-state index contributed by atoms with van der Waals surface area (Å²) in [7, 11) is 0. The highest BCUT2D eigenvalue weighted by Crippen LogP contribution is 2.31. The SMILES string of the molecule is N=C(C1=CC(Nc2cc(C(F)(F)F)ccn2)C=C1)c1c(N)ncnc1N[C@@H]1CCCNC1. The van der Waals surface area contributed by atoms with Crippen molar-refractivity contribution in [2.45, 2.75) is 31.1 Å². The molecule has 4 rings (SSSR count). The number of allylic oxidation sites excluding steroid dienone is 2. The first-order valence-corrected chi connectivity index (χ1v) is 10.2. The monoisotopic (exact) mass is 444 g/mol. The average molecular weight is 444 g/mol. The summed E-state index contributed by atoms with van der Waals surface area (Å²) >= 11 is 0. The van der Waals surface area contributed by atoms with Gasteiger partial charge in [-0.25, -0.2) is 15.0 Å². The molecule has 0 amide bonds. The number of rotatable bonds is 6. The normalized spacial score (nSPS) is 20.7. The Morgan fingerprint density at radius 1 is 1.22 bits per heavy atom. The molecule has 2 aliphatic rings. The van der Waals surface area contributed by atoms with Crippen molar-refractivity contribution in [2.24, 2.45) is 0 Å². The van der Waals surface area contributed by atoms with E-state index >= 15 is 0 Å². The van der Waals surface area contributed by atoms with Crippen LogP contribution in [-0.4, -0.2) is 45.8 Å². The van der Waals surface area contributed by atoms with Gasteiger partial charge in [-0.15, -0.1) is 0 Å². The number of halogens is 3. The summed E-state index contributed by atoms with van der Waals surface area (Å²) < 4.78 is 38.8. The van der Waals surface area contributed by atoms with Crippen LogP contribution in [0.4, 0.5) is 30.6 Å². The summed E-state index contributed by atoms with van der Waals surface area (Å²) in [6.07, 6.45) is 5.20. The van der Waals surface area contributed by atoms with E-state index in [4.69, 9.17) is 11.1 Å². The smallest absolute Gasteiger partial charge is 0.383 e. The zero-order valence-corrected chi connectivity index (χ0v) is 17.1. The molecule has 1 fully saturated rings. The van der Waals surface area contributed by atoms with Gasteiger partial charge in [0, 0.05) is 18.8 Å². The lowest BCUT2D eigenvalue weighted by molar-refractivity contribution is -0.137. The second-order valence-electron chi connectivity index (χ2n) is 7.62. The van der Waals surface area contributed by atoms with Gasteiger partial charge in [-0.05, 0) is 43.2 Å². The van der Waals surface area contributed by atoms with Crippen LogP contribution in [0.15, 0.2) is 48.5 Å². The molecule has 0 saturated carbocycles. The van der Waals surface area contributed by atoms with Crippen LogP contribution in [0.1, 0.15) is 24.0 Å². The van der Waals surface area contributed by atoms with E-state index in [2.05, 4.69) is 30.9 Å². The molecule has 0 radical (unpaired) electrons. The third-order valence-electron chi connectivity index (χ3n) is 5.30. The molecule has 1 unspecified atom stereocenters. The third-order valence-corrected chi connectivity index (χ3v) is 5.30. The van der Waals surface area contributed by atoms with Crippen molar-refractivity contribution < 1.29 is 13.2 Å². The molecule has 3 heterocycles. The van der Waals surface area contributed by atoms with Crippen LogP contribution in [-0.2, 0) is 6.18 Å². The largest absolute Gasteiger partial charge is 0.416 e. The van der Waals surface area contributed by atoms with Gasteiger partial charge in [0.05, 0.1) is 22.9 Å². The van der Waals surface area contributed by atoms with E-state index in [0.29, 0.717) is 17.0 Å². The Hall–Kier alpha value is -3.47. The minimum Gasteiger partial charge on any atom is -0.383 e. The summed E-state index contributed by atoms with van der Waals surface area (Å²) in [6, 6.07) is 1.61. The zero-order valence-electron chi connectivity index (χ0n) is 17.1. The van der Waals surface area contributed by atoms with Gasteiger partial charge in [0.2, 0.25) is 0 Å². The minimum atomic E-state index is -4.45. The van der Waals surface area contributed by atoms with Gasteiger partial charge in [0.15, 0.2) is 0 Å².